The number of nitrogens with one attached hydrogen (secondary N) is 1. The number of halogens is 1. The van der Waals surface area contributed by atoms with E-state index in [1.54, 1.807) is 18.2 Å². The average molecular weight is 435 g/mol. The first-order chi connectivity index (χ1) is 15.2. The summed E-state index contributed by atoms with van der Waals surface area (Å²) in [5.74, 6) is 0.306. The van der Waals surface area contributed by atoms with Gasteiger partial charge >= 0.3 is 0 Å². The second kappa shape index (κ2) is 10.5. The number of hydrogen-bond donors (Lipinski definition) is 1. The van der Waals surface area contributed by atoms with Crippen molar-refractivity contribution >= 4 is 23.2 Å². The quantitative estimate of drug-likeness (QED) is 0.484. The van der Waals surface area contributed by atoms with Crippen molar-refractivity contribution in [1.29, 1.82) is 0 Å². The second-order valence-corrected chi connectivity index (χ2v) is 8.31. The van der Waals surface area contributed by atoms with Gasteiger partial charge in [0.25, 0.3) is 5.91 Å². The molecule has 0 aromatic heterocycles. The molecule has 1 fully saturated rings. The van der Waals surface area contributed by atoms with Gasteiger partial charge in [0.1, 0.15) is 12.4 Å². The Morgan fingerprint density at radius 1 is 0.903 bits per heavy atom. The van der Waals surface area contributed by atoms with Gasteiger partial charge < -0.3 is 10.1 Å². The molecule has 0 aliphatic carbocycles. The summed E-state index contributed by atoms with van der Waals surface area (Å²) in [4.78, 5) is 15.2. The number of rotatable bonds is 7. The molecule has 0 unspecified atom stereocenters. The second-order valence-electron chi connectivity index (χ2n) is 7.91. The lowest BCUT2D eigenvalue weighted by Gasteiger charge is -2.26. The van der Waals surface area contributed by atoms with E-state index in [4.69, 9.17) is 16.3 Å². The first kappa shape index (κ1) is 21.4. The number of hydrogen-bond acceptors (Lipinski definition) is 3. The Hall–Kier alpha value is -2.82. The first-order valence-electron chi connectivity index (χ1n) is 10.8. The van der Waals surface area contributed by atoms with Crippen LogP contribution in [0.4, 0.5) is 5.69 Å². The third-order valence-corrected chi connectivity index (χ3v) is 5.81. The minimum absolute atomic E-state index is 0.190. The Kier molecular flexibility index (Phi) is 7.23. The maximum Gasteiger partial charge on any atom is 0.255 e. The van der Waals surface area contributed by atoms with Crippen molar-refractivity contribution in [1.82, 2.24) is 4.90 Å². The van der Waals surface area contributed by atoms with Crippen LogP contribution >= 0.6 is 11.6 Å². The number of nitrogens with zero attached hydrogens (tertiary/aromatic N) is 1. The lowest BCUT2D eigenvalue weighted by molar-refractivity contribution is 0.102. The highest BCUT2D eigenvalue weighted by Crippen LogP contribution is 2.27. The monoisotopic (exact) mass is 434 g/mol. The van der Waals surface area contributed by atoms with E-state index in [0.717, 1.165) is 17.8 Å². The van der Waals surface area contributed by atoms with Gasteiger partial charge in [-0.25, -0.2) is 0 Å². The summed E-state index contributed by atoms with van der Waals surface area (Å²) in [6.45, 7) is 3.70. The molecule has 5 heteroatoms. The summed E-state index contributed by atoms with van der Waals surface area (Å²) in [5, 5.41) is 3.44. The lowest BCUT2D eigenvalue weighted by Crippen LogP contribution is -2.29. The maximum atomic E-state index is 12.7. The van der Waals surface area contributed by atoms with Gasteiger partial charge in [0.05, 0.1) is 5.02 Å². The minimum atomic E-state index is -0.190. The highest BCUT2D eigenvalue weighted by molar-refractivity contribution is 6.32. The molecule has 1 N–H and O–H groups in total. The smallest absolute Gasteiger partial charge is 0.255 e. The molecule has 1 amide bonds. The zero-order valence-corrected chi connectivity index (χ0v) is 18.3. The van der Waals surface area contributed by atoms with Crippen LogP contribution in [0.1, 0.15) is 40.7 Å². The molecule has 1 aliphatic heterocycles. The van der Waals surface area contributed by atoms with Crippen LogP contribution in [0.5, 0.6) is 5.75 Å². The van der Waals surface area contributed by atoms with Crippen molar-refractivity contribution in [2.24, 2.45) is 0 Å². The number of anilines is 1. The van der Waals surface area contributed by atoms with Crippen LogP contribution < -0.4 is 10.1 Å². The predicted octanol–water partition coefficient (Wildman–Crippen LogP) is 6.16. The largest absolute Gasteiger partial charge is 0.487 e. The van der Waals surface area contributed by atoms with E-state index < -0.39 is 0 Å². The van der Waals surface area contributed by atoms with E-state index in [1.807, 2.05) is 42.5 Å². The van der Waals surface area contributed by atoms with Crippen LogP contribution in [0.15, 0.2) is 72.8 Å². The van der Waals surface area contributed by atoms with Gasteiger partial charge in [-0.15, -0.1) is 0 Å². The van der Waals surface area contributed by atoms with Crippen molar-refractivity contribution in [2.75, 3.05) is 18.4 Å². The van der Waals surface area contributed by atoms with Crippen LogP contribution in [-0.2, 0) is 13.2 Å². The summed E-state index contributed by atoms with van der Waals surface area (Å²) in [5.41, 5.74) is 3.58. The molecule has 0 radical (unpaired) electrons. The molecule has 0 bridgehead atoms. The number of carbonyl (C=O) groups is 1. The fourth-order valence-electron chi connectivity index (χ4n) is 3.76. The number of ether oxygens (including phenoxy) is 1. The molecule has 0 atom stereocenters. The molecule has 0 spiro atoms. The molecule has 1 aliphatic rings. The van der Waals surface area contributed by atoms with Crippen LogP contribution in [-0.4, -0.2) is 23.9 Å². The fraction of sp³-hybridized carbons (Fsp3) is 0.269. The molecular formula is C26H27ClN2O2. The Balaban J connectivity index is 1.36. The number of benzene rings is 3. The van der Waals surface area contributed by atoms with Gasteiger partial charge in [0.2, 0.25) is 0 Å². The van der Waals surface area contributed by atoms with E-state index in [9.17, 15) is 4.79 Å². The highest BCUT2D eigenvalue weighted by Gasteiger charge is 2.12. The molecule has 0 saturated carbocycles. The third-order valence-electron chi connectivity index (χ3n) is 5.50. The van der Waals surface area contributed by atoms with Gasteiger partial charge in [-0.2, -0.15) is 0 Å². The number of amides is 1. The van der Waals surface area contributed by atoms with Crippen LogP contribution in [0.3, 0.4) is 0 Å². The van der Waals surface area contributed by atoms with Crippen molar-refractivity contribution in [3.63, 3.8) is 0 Å². The van der Waals surface area contributed by atoms with Crippen molar-refractivity contribution in [3.8, 4) is 5.75 Å². The number of likely N-dealkylation sites (tertiary alicyclic amines) is 1. The summed E-state index contributed by atoms with van der Waals surface area (Å²) in [6.07, 6.45) is 3.91. The Bertz CT molecular complexity index is 1000. The molecule has 1 saturated heterocycles. The van der Waals surface area contributed by atoms with Crippen LogP contribution in [0.2, 0.25) is 5.02 Å². The summed E-state index contributed by atoms with van der Waals surface area (Å²) < 4.78 is 5.84. The minimum Gasteiger partial charge on any atom is -0.487 e. The fourth-order valence-corrected chi connectivity index (χ4v) is 3.94. The first-order valence-corrected chi connectivity index (χ1v) is 11.1. The zero-order chi connectivity index (χ0) is 21.5. The van der Waals surface area contributed by atoms with Crippen molar-refractivity contribution < 1.29 is 9.53 Å². The molecule has 1 heterocycles. The Morgan fingerprint density at radius 3 is 2.39 bits per heavy atom. The van der Waals surface area contributed by atoms with E-state index in [2.05, 4.69) is 22.3 Å². The van der Waals surface area contributed by atoms with Gasteiger partial charge in [-0.05, 0) is 67.4 Å². The summed E-state index contributed by atoms with van der Waals surface area (Å²) in [7, 11) is 0. The van der Waals surface area contributed by atoms with Gasteiger partial charge in [0, 0.05) is 17.8 Å². The lowest BCUT2D eigenvalue weighted by atomic mass is 10.1. The van der Waals surface area contributed by atoms with Crippen LogP contribution in [0, 0.1) is 0 Å². The molecule has 160 valence electrons. The number of carbonyl (C=O) groups excluding carboxylic acids is 1. The zero-order valence-electron chi connectivity index (χ0n) is 17.5. The van der Waals surface area contributed by atoms with Crippen LogP contribution in [0.25, 0.3) is 0 Å². The molecule has 3 aromatic carbocycles. The van der Waals surface area contributed by atoms with E-state index >= 15 is 0 Å². The average Bonchev–Trinajstić information content (AvgIpc) is 2.81. The maximum absolute atomic E-state index is 12.7. The van der Waals surface area contributed by atoms with Crippen molar-refractivity contribution in [3.05, 3.63) is 94.5 Å². The molecule has 3 aromatic rings. The topological polar surface area (TPSA) is 41.6 Å². The normalized spacial score (nSPS) is 14.2. The SMILES string of the molecule is O=C(Nc1ccc(CN2CCCCC2)cc1)c1ccc(Cl)c(OCc2ccccc2)c1. The Labute approximate surface area is 188 Å². The third kappa shape index (κ3) is 6.09. The van der Waals surface area contributed by atoms with Gasteiger partial charge in [-0.3, -0.25) is 9.69 Å². The van der Waals surface area contributed by atoms with E-state index in [1.165, 1.54) is 37.9 Å². The Morgan fingerprint density at radius 2 is 1.65 bits per heavy atom. The van der Waals surface area contributed by atoms with Gasteiger partial charge in [0.15, 0.2) is 0 Å². The molecule has 31 heavy (non-hydrogen) atoms. The predicted molar refractivity (Wildman–Crippen MR) is 126 cm³/mol. The standard InChI is InChI=1S/C26H27ClN2O2/c27-24-14-11-22(17-25(24)31-19-21-7-3-1-4-8-21)26(30)28-23-12-9-20(10-13-23)18-29-15-5-2-6-16-29/h1,3-4,7-14,17H,2,5-6,15-16,18-19H2,(H,28,30). The molecular weight excluding hydrogens is 408 g/mol. The summed E-state index contributed by atoms with van der Waals surface area (Å²) in [6, 6.07) is 23.0. The molecule has 4 rings (SSSR count). The van der Waals surface area contributed by atoms with Gasteiger partial charge in [-0.1, -0.05) is 60.5 Å². The molecule has 4 nitrogen and oxygen atoms in total. The van der Waals surface area contributed by atoms with E-state index in [0.29, 0.717) is 22.9 Å². The van der Waals surface area contributed by atoms with E-state index in [-0.39, 0.29) is 5.91 Å². The highest BCUT2D eigenvalue weighted by atomic mass is 35.5. The summed E-state index contributed by atoms with van der Waals surface area (Å²) >= 11 is 6.26. The van der Waals surface area contributed by atoms with Crippen molar-refractivity contribution in [2.45, 2.75) is 32.4 Å². The number of piperidine rings is 1.